The van der Waals surface area contributed by atoms with E-state index in [-0.39, 0.29) is 36.3 Å². The van der Waals surface area contributed by atoms with E-state index in [1.807, 2.05) is 18.2 Å². The number of rotatable bonds is 8. The molecule has 0 aliphatic heterocycles. The van der Waals surface area contributed by atoms with Crippen LogP contribution in [0.15, 0.2) is 24.3 Å². The summed E-state index contributed by atoms with van der Waals surface area (Å²) >= 11 is 0. The van der Waals surface area contributed by atoms with Gasteiger partial charge in [-0.15, -0.1) is 12.4 Å². The predicted molar refractivity (Wildman–Crippen MR) is 95.4 cm³/mol. The highest BCUT2D eigenvalue weighted by Gasteiger charge is 2.14. The van der Waals surface area contributed by atoms with Gasteiger partial charge in [0, 0.05) is 13.7 Å². The fourth-order valence-electron chi connectivity index (χ4n) is 1.95. The molecule has 1 rings (SSSR count). The fraction of sp³-hybridized carbons (Fsp3) is 0.588. The average Bonchev–Trinajstić information content (AvgIpc) is 2.48. The smallest absolute Gasteiger partial charge is 0.222 e. The molecule has 0 radical (unpaired) electrons. The zero-order valence-corrected chi connectivity index (χ0v) is 15.2. The van der Waals surface area contributed by atoms with Crippen molar-refractivity contribution in [2.75, 3.05) is 26.8 Å². The molecule has 0 fully saturated rings. The van der Waals surface area contributed by atoms with Gasteiger partial charge in [0.1, 0.15) is 12.4 Å². The Morgan fingerprint density at radius 3 is 2.61 bits per heavy atom. The van der Waals surface area contributed by atoms with E-state index in [2.05, 4.69) is 32.2 Å². The summed E-state index contributed by atoms with van der Waals surface area (Å²) in [4.78, 5) is 11.7. The molecule has 0 saturated carbocycles. The van der Waals surface area contributed by atoms with Crippen LogP contribution in [0.3, 0.4) is 0 Å². The molecule has 0 bridgehead atoms. The first-order valence-corrected chi connectivity index (χ1v) is 7.59. The van der Waals surface area contributed by atoms with E-state index < -0.39 is 0 Å². The van der Waals surface area contributed by atoms with Gasteiger partial charge in [0.15, 0.2) is 0 Å². The van der Waals surface area contributed by atoms with Gasteiger partial charge in [0.2, 0.25) is 5.91 Å². The van der Waals surface area contributed by atoms with Crippen LogP contribution in [0.5, 0.6) is 5.75 Å². The molecule has 0 aromatic heterocycles. The van der Waals surface area contributed by atoms with E-state index in [1.165, 1.54) is 5.56 Å². The average molecular weight is 345 g/mol. The van der Waals surface area contributed by atoms with Crippen molar-refractivity contribution < 1.29 is 14.3 Å². The third-order valence-electron chi connectivity index (χ3n) is 3.40. The minimum Gasteiger partial charge on any atom is -0.492 e. The van der Waals surface area contributed by atoms with Crippen molar-refractivity contribution in [2.45, 2.75) is 38.7 Å². The monoisotopic (exact) mass is 344 g/mol. The van der Waals surface area contributed by atoms with Gasteiger partial charge < -0.3 is 20.5 Å². The Hall–Kier alpha value is -1.30. The molecule has 0 heterocycles. The van der Waals surface area contributed by atoms with Crippen molar-refractivity contribution >= 4 is 18.3 Å². The first kappa shape index (κ1) is 21.7. The number of nitrogens with two attached hydrogens (primary N) is 1. The molecule has 3 N–H and O–H groups in total. The van der Waals surface area contributed by atoms with E-state index in [0.717, 1.165) is 5.75 Å². The summed E-state index contributed by atoms with van der Waals surface area (Å²) in [5, 5.41) is 2.80. The molecule has 1 atom stereocenters. The van der Waals surface area contributed by atoms with Crippen LogP contribution in [0.4, 0.5) is 0 Å². The minimum atomic E-state index is -0.232. The highest BCUT2D eigenvalue weighted by atomic mass is 35.5. The summed E-state index contributed by atoms with van der Waals surface area (Å²) in [6, 6.07) is 8.04. The largest absolute Gasteiger partial charge is 0.492 e. The van der Waals surface area contributed by atoms with Crippen molar-refractivity contribution in [2.24, 2.45) is 5.73 Å². The molecule has 1 aromatic rings. The van der Waals surface area contributed by atoms with Gasteiger partial charge in [-0.3, -0.25) is 4.79 Å². The van der Waals surface area contributed by atoms with Gasteiger partial charge in [-0.1, -0.05) is 32.9 Å². The first-order valence-electron chi connectivity index (χ1n) is 7.59. The number of carbonyl (C=O) groups is 1. The van der Waals surface area contributed by atoms with Crippen LogP contribution in [0, 0.1) is 0 Å². The van der Waals surface area contributed by atoms with Crippen LogP contribution in [0.25, 0.3) is 0 Å². The van der Waals surface area contributed by atoms with Gasteiger partial charge in [-0.25, -0.2) is 0 Å². The van der Waals surface area contributed by atoms with Gasteiger partial charge in [0.05, 0.1) is 19.1 Å². The van der Waals surface area contributed by atoms with Gasteiger partial charge in [-0.2, -0.15) is 0 Å². The van der Waals surface area contributed by atoms with Crippen molar-refractivity contribution in [1.82, 2.24) is 5.32 Å². The van der Waals surface area contributed by atoms with Gasteiger partial charge in [-0.05, 0) is 23.1 Å². The normalized spacial score (nSPS) is 12.2. The lowest BCUT2D eigenvalue weighted by atomic mass is 9.87. The Balaban J connectivity index is 0.00000484. The van der Waals surface area contributed by atoms with E-state index in [0.29, 0.717) is 19.7 Å². The number of hydrogen-bond acceptors (Lipinski definition) is 4. The molecule has 1 unspecified atom stereocenters. The Kier molecular flexibility index (Phi) is 9.88. The van der Waals surface area contributed by atoms with E-state index >= 15 is 0 Å². The SMILES string of the molecule is COC(CN)CC(=O)NCCOc1cccc(C(C)(C)C)c1.Cl. The predicted octanol–water partition coefficient (Wildman–Crippen LogP) is 2.26. The highest BCUT2D eigenvalue weighted by Crippen LogP contribution is 2.25. The molecular weight excluding hydrogens is 316 g/mol. The van der Waals surface area contributed by atoms with E-state index in [1.54, 1.807) is 7.11 Å². The highest BCUT2D eigenvalue weighted by molar-refractivity contribution is 5.85. The molecule has 132 valence electrons. The first-order chi connectivity index (χ1) is 10.4. The fourth-order valence-corrected chi connectivity index (χ4v) is 1.95. The maximum atomic E-state index is 11.7. The zero-order chi connectivity index (χ0) is 16.6. The summed E-state index contributed by atoms with van der Waals surface area (Å²) in [7, 11) is 1.55. The summed E-state index contributed by atoms with van der Waals surface area (Å²) in [6.45, 7) is 7.71. The van der Waals surface area contributed by atoms with Crippen LogP contribution >= 0.6 is 12.4 Å². The Morgan fingerprint density at radius 2 is 2.04 bits per heavy atom. The number of nitrogens with one attached hydrogen (secondary N) is 1. The molecule has 1 aromatic carbocycles. The van der Waals surface area contributed by atoms with Gasteiger partial charge >= 0.3 is 0 Å². The van der Waals surface area contributed by atoms with Crippen molar-refractivity contribution in [3.63, 3.8) is 0 Å². The third-order valence-corrected chi connectivity index (χ3v) is 3.40. The number of carbonyl (C=O) groups excluding carboxylic acids is 1. The number of benzene rings is 1. The molecule has 0 aliphatic carbocycles. The van der Waals surface area contributed by atoms with Crippen molar-refractivity contribution in [1.29, 1.82) is 0 Å². The molecule has 0 aliphatic rings. The second kappa shape index (κ2) is 10.5. The topological polar surface area (TPSA) is 73.6 Å². The quantitative estimate of drug-likeness (QED) is 0.709. The number of amides is 1. The second-order valence-corrected chi connectivity index (χ2v) is 6.27. The molecule has 1 amide bonds. The molecular formula is C17H29ClN2O3. The summed E-state index contributed by atoms with van der Waals surface area (Å²) in [5.41, 5.74) is 6.79. The lowest BCUT2D eigenvalue weighted by molar-refractivity contribution is -0.123. The third kappa shape index (κ3) is 8.21. The summed E-state index contributed by atoms with van der Waals surface area (Å²) < 4.78 is 10.8. The van der Waals surface area contributed by atoms with Gasteiger partial charge in [0.25, 0.3) is 0 Å². The van der Waals surface area contributed by atoms with Crippen LogP contribution in [0.1, 0.15) is 32.8 Å². The van der Waals surface area contributed by atoms with Crippen molar-refractivity contribution in [3.05, 3.63) is 29.8 Å². The minimum absolute atomic E-state index is 0. The Labute approximate surface area is 145 Å². The standard InChI is InChI=1S/C17H28N2O3.ClH/c1-17(2,3)13-6-5-7-14(10-13)22-9-8-19-16(20)11-15(12-18)21-4;/h5-7,10,15H,8-9,11-12,18H2,1-4H3,(H,19,20);1H. The second-order valence-electron chi connectivity index (χ2n) is 6.27. The lowest BCUT2D eigenvalue weighted by Gasteiger charge is -2.19. The molecule has 0 spiro atoms. The number of halogens is 1. The molecule has 6 heteroatoms. The molecule has 23 heavy (non-hydrogen) atoms. The number of hydrogen-bond donors (Lipinski definition) is 2. The Bertz CT molecular complexity index is 471. The maximum absolute atomic E-state index is 11.7. The Morgan fingerprint density at radius 1 is 1.35 bits per heavy atom. The van der Waals surface area contributed by atoms with Crippen LogP contribution in [0.2, 0.25) is 0 Å². The van der Waals surface area contributed by atoms with Crippen LogP contribution in [-0.2, 0) is 14.9 Å². The zero-order valence-electron chi connectivity index (χ0n) is 14.4. The molecule has 0 saturated heterocycles. The van der Waals surface area contributed by atoms with Crippen LogP contribution in [-0.4, -0.2) is 38.8 Å². The van der Waals surface area contributed by atoms with E-state index in [9.17, 15) is 4.79 Å². The van der Waals surface area contributed by atoms with E-state index in [4.69, 9.17) is 15.2 Å². The van der Waals surface area contributed by atoms with Crippen LogP contribution < -0.4 is 15.8 Å². The summed E-state index contributed by atoms with van der Waals surface area (Å²) in [5.74, 6) is 0.739. The number of ether oxygens (including phenoxy) is 2. The summed E-state index contributed by atoms with van der Waals surface area (Å²) in [6.07, 6.45) is 0.0383. The number of methoxy groups -OCH3 is 1. The lowest BCUT2D eigenvalue weighted by Crippen LogP contribution is -2.34. The van der Waals surface area contributed by atoms with Crippen molar-refractivity contribution in [3.8, 4) is 5.75 Å². The maximum Gasteiger partial charge on any atom is 0.222 e. The molecule has 5 nitrogen and oxygen atoms in total.